The van der Waals surface area contributed by atoms with Gasteiger partial charge in [-0.2, -0.15) is 4.39 Å². The van der Waals surface area contributed by atoms with Crippen molar-refractivity contribution in [2.75, 3.05) is 19.7 Å². The minimum atomic E-state index is -0.856. The van der Waals surface area contributed by atoms with E-state index < -0.39 is 12.0 Å². The fourth-order valence-electron chi connectivity index (χ4n) is 4.23. The van der Waals surface area contributed by atoms with Crippen LogP contribution in [-0.4, -0.2) is 45.6 Å². The van der Waals surface area contributed by atoms with E-state index in [1.54, 1.807) is 4.68 Å². The highest BCUT2D eigenvalue weighted by atomic mass is 19.1. The van der Waals surface area contributed by atoms with Crippen LogP contribution >= 0.6 is 0 Å². The van der Waals surface area contributed by atoms with E-state index in [2.05, 4.69) is 5.10 Å². The van der Waals surface area contributed by atoms with Gasteiger partial charge in [-0.25, -0.2) is 9.48 Å². The number of aryl methyl sites for hydroxylation is 1. The highest BCUT2D eigenvalue weighted by Crippen LogP contribution is 2.35. The van der Waals surface area contributed by atoms with Crippen molar-refractivity contribution < 1.29 is 19.0 Å². The number of amides is 1. The normalized spacial score (nSPS) is 22.1. The van der Waals surface area contributed by atoms with E-state index >= 15 is 0 Å². The number of likely N-dealkylation sites (tertiary alicyclic amines) is 1. The van der Waals surface area contributed by atoms with Crippen LogP contribution in [0.3, 0.4) is 0 Å². The van der Waals surface area contributed by atoms with Crippen LogP contribution in [0.4, 0.5) is 9.18 Å². The molecule has 4 rings (SSSR count). The van der Waals surface area contributed by atoms with Crippen LogP contribution in [0.5, 0.6) is 0 Å². The number of aromatic nitrogens is 2. The molecule has 2 aliphatic rings. The Balaban J connectivity index is 1.67. The zero-order valence-electron chi connectivity index (χ0n) is 14.9. The summed E-state index contributed by atoms with van der Waals surface area (Å²) in [5.41, 5.74) is 2.98. The lowest BCUT2D eigenvalue weighted by Crippen LogP contribution is -2.36. The number of piperidine rings is 1. The molecule has 0 bridgehead atoms. The minimum absolute atomic E-state index is 0.208. The Morgan fingerprint density at radius 2 is 2.04 bits per heavy atom. The lowest BCUT2D eigenvalue weighted by atomic mass is 9.86. The molecular formula is C19H24FN3O3. The second-order valence-electron chi connectivity index (χ2n) is 7.33. The number of ether oxygens (including phenoxy) is 1. The van der Waals surface area contributed by atoms with Gasteiger partial charge in [-0.3, -0.25) is 0 Å². The largest absolute Gasteiger partial charge is 0.465 e. The van der Waals surface area contributed by atoms with Crippen molar-refractivity contribution in [1.82, 2.24) is 14.7 Å². The molecule has 1 amide bonds. The molecule has 140 valence electrons. The lowest BCUT2D eigenvalue weighted by Gasteiger charge is -2.31. The molecule has 6 nitrogen and oxygen atoms in total. The van der Waals surface area contributed by atoms with Gasteiger partial charge in [0.05, 0.1) is 10.9 Å². The van der Waals surface area contributed by atoms with Gasteiger partial charge in [-0.1, -0.05) is 0 Å². The number of hydrogen-bond acceptors (Lipinski definition) is 3. The van der Waals surface area contributed by atoms with Gasteiger partial charge in [0.15, 0.2) is 6.23 Å². The molecule has 2 fully saturated rings. The van der Waals surface area contributed by atoms with Crippen molar-refractivity contribution in [1.29, 1.82) is 0 Å². The molecule has 3 heterocycles. The number of fused-ring (bicyclic) bond motifs is 1. The van der Waals surface area contributed by atoms with Crippen LogP contribution in [0.25, 0.3) is 10.9 Å². The third-order valence-corrected chi connectivity index (χ3v) is 5.68. The molecule has 1 N–H and O–H groups in total. The molecule has 2 aromatic rings. The summed E-state index contributed by atoms with van der Waals surface area (Å²) in [7, 11) is 0. The molecule has 1 aromatic heterocycles. The van der Waals surface area contributed by atoms with Crippen molar-refractivity contribution in [2.45, 2.75) is 51.2 Å². The standard InChI is InChI=1S/C19H24FN3O3/c1-12-10-15-16(23(21-18(15)20)17-4-2-3-9-26-17)11-14(12)13-5-7-22(8-6-13)19(24)25/h10-11,13,17H,2-9H2,1H3,(H,24,25). The highest BCUT2D eigenvalue weighted by Gasteiger charge is 2.27. The third kappa shape index (κ3) is 3.05. The summed E-state index contributed by atoms with van der Waals surface area (Å²) < 4.78 is 21.9. The first-order valence-corrected chi connectivity index (χ1v) is 9.32. The molecule has 0 radical (unpaired) electrons. The van der Waals surface area contributed by atoms with E-state index in [-0.39, 0.29) is 12.1 Å². The van der Waals surface area contributed by atoms with Crippen LogP contribution < -0.4 is 0 Å². The number of hydrogen-bond donors (Lipinski definition) is 1. The fourth-order valence-corrected chi connectivity index (χ4v) is 4.23. The summed E-state index contributed by atoms with van der Waals surface area (Å²) in [4.78, 5) is 12.6. The fraction of sp³-hybridized carbons (Fsp3) is 0.579. The smallest absolute Gasteiger partial charge is 0.407 e. The van der Waals surface area contributed by atoms with E-state index in [1.807, 2.05) is 19.1 Å². The Morgan fingerprint density at radius 1 is 1.27 bits per heavy atom. The SMILES string of the molecule is Cc1cc2c(F)nn(C3CCCCO3)c2cc1C1CCN(C(=O)O)CC1. The van der Waals surface area contributed by atoms with Crippen molar-refractivity contribution in [3.8, 4) is 0 Å². The lowest BCUT2D eigenvalue weighted by molar-refractivity contribution is -0.0375. The molecule has 0 aliphatic carbocycles. The predicted octanol–water partition coefficient (Wildman–Crippen LogP) is 4.04. The second-order valence-corrected chi connectivity index (χ2v) is 7.33. The number of halogens is 1. The number of carbonyl (C=O) groups is 1. The summed E-state index contributed by atoms with van der Waals surface area (Å²) in [6, 6.07) is 3.91. The minimum Gasteiger partial charge on any atom is -0.465 e. The number of benzene rings is 1. The first-order valence-electron chi connectivity index (χ1n) is 9.32. The molecular weight excluding hydrogens is 337 g/mol. The summed E-state index contributed by atoms with van der Waals surface area (Å²) in [5.74, 6) is -0.168. The third-order valence-electron chi connectivity index (χ3n) is 5.68. The van der Waals surface area contributed by atoms with Crippen LogP contribution in [0.15, 0.2) is 12.1 Å². The maximum absolute atomic E-state index is 14.4. The van der Waals surface area contributed by atoms with Crippen LogP contribution in [0, 0.1) is 12.9 Å². The average molecular weight is 361 g/mol. The Kier molecular flexibility index (Phi) is 4.56. The molecule has 2 aliphatic heterocycles. The summed E-state index contributed by atoms with van der Waals surface area (Å²) in [6.45, 7) is 3.75. The van der Waals surface area contributed by atoms with E-state index in [9.17, 15) is 9.18 Å². The first kappa shape index (κ1) is 17.3. The van der Waals surface area contributed by atoms with E-state index in [4.69, 9.17) is 9.84 Å². The van der Waals surface area contributed by atoms with Crippen molar-refractivity contribution in [3.05, 3.63) is 29.2 Å². The van der Waals surface area contributed by atoms with Crippen LogP contribution in [-0.2, 0) is 4.74 Å². The average Bonchev–Trinajstić information content (AvgIpc) is 2.98. The Hall–Kier alpha value is -2.15. The van der Waals surface area contributed by atoms with Gasteiger partial charge >= 0.3 is 6.09 Å². The molecule has 1 atom stereocenters. The van der Waals surface area contributed by atoms with E-state index in [0.29, 0.717) is 25.1 Å². The molecule has 26 heavy (non-hydrogen) atoms. The van der Waals surface area contributed by atoms with Gasteiger partial charge in [0, 0.05) is 19.7 Å². The van der Waals surface area contributed by atoms with Gasteiger partial charge < -0.3 is 14.7 Å². The Morgan fingerprint density at radius 3 is 2.69 bits per heavy atom. The molecule has 0 spiro atoms. The maximum Gasteiger partial charge on any atom is 0.407 e. The van der Waals surface area contributed by atoms with E-state index in [0.717, 1.165) is 43.2 Å². The number of nitrogens with zero attached hydrogens (tertiary/aromatic N) is 3. The highest BCUT2D eigenvalue weighted by molar-refractivity contribution is 5.81. The van der Waals surface area contributed by atoms with Crippen molar-refractivity contribution in [3.63, 3.8) is 0 Å². The van der Waals surface area contributed by atoms with Gasteiger partial charge in [0.1, 0.15) is 0 Å². The van der Waals surface area contributed by atoms with Gasteiger partial charge in [-0.05, 0) is 68.2 Å². The summed E-state index contributed by atoms with van der Waals surface area (Å²) in [6.07, 6.45) is 3.44. The Labute approximate surface area is 151 Å². The van der Waals surface area contributed by atoms with Crippen molar-refractivity contribution >= 4 is 17.0 Å². The first-order chi connectivity index (χ1) is 12.5. The van der Waals surface area contributed by atoms with Crippen LogP contribution in [0.2, 0.25) is 0 Å². The molecule has 2 saturated heterocycles. The Bertz CT molecular complexity index is 821. The molecule has 1 aromatic carbocycles. The summed E-state index contributed by atoms with van der Waals surface area (Å²) in [5, 5.41) is 13.8. The van der Waals surface area contributed by atoms with Gasteiger partial charge in [0.25, 0.3) is 0 Å². The number of carboxylic acid groups (broad SMARTS) is 1. The quantitative estimate of drug-likeness (QED) is 0.877. The zero-order chi connectivity index (χ0) is 18.3. The molecule has 1 unspecified atom stereocenters. The monoisotopic (exact) mass is 361 g/mol. The topological polar surface area (TPSA) is 67.6 Å². The molecule has 0 saturated carbocycles. The second kappa shape index (κ2) is 6.87. The van der Waals surface area contributed by atoms with Gasteiger partial charge in [0.2, 0.25) is 5.95 Å². The number of rotatable bonds is 2. The van der Waals surface area contributed by atoms with Crippen LogP contribution in [0.1, 0.15) is 55.4 Å². The van der Waals surface area contributed by atoms with Crippen molar-refractivity contribution in [2.24, 2.45) is 0 Å². The van der Waals surface area contributed by atoms with Gasteiger partial charge in [-0.15, -0.1) is 5.10 Å². The molecule has 7 heteroatoms. The maximum atomic E-state index is 14.4. The zero-order valence-corrected chi connectivity index (χ0v) is 14.9. The van der Waals surface area contributed by atoms with E-state index in [1.165, 1.54) is 10.5 Å². The summed E-state index contributed by atoms with van der Waals surface area (Å²) >= 11 is 0. The predicted molar refractivity (Wildman–Crippen MR) is 94.8 cm³/mol.